The minimum absolute atomic E-state index is 0.155. The van der Waals surface area contributed by atoms with Gasteiger partial charge in [0.2, 0.25) is 5.91 Å². The average Bonchev–Trinajstić information content (AvgIpc) is 2.25. The Morgan fingerprint density at radius 1 is 1.69 bits per heavy atom. The largest absolute Gasteiger partial charge is 0.376 e. The van der Waals surface area contributed by atoms with E-state index in [-0.39, 0.29) is 5.75 Å². The van der Waals surface area contributed by atoms with Gasteiger partial charge in [-0.15, -0.1) is 0 Å². The Balaban J connectivity index is 3.05. The first-order valence-corrected chi connectivity index (χ1v) is 5.58. The van der Waals surface area contributed by atoms with E-state index in [1.165, 1.54) is 11.8 Å². The SMILES string of the molecule is CN(C)c1cc[nH+]c(SCC(N)=O)c1C#N. The third-order valence-corrected chi connectivity index (χ3v) is 2.93. The van der Waals surface area contributed by atoms with Crippen LogP contribution in [0.15, 0.2) is 17.3 Å². The summed E-state index contributed by atoms with van der Waals surface area (Å²) in [6.07, 6.45) is 1.74. The van der Waals surface area contributed by atoms with Gasteiger partial charge in [0.1, 0.15) is 6.07 Å². The Kier molecular flexibility index (Phi) is 4.14. The highest BCUT2D eigenvalue weighted by atomic mass is 32.2. The van der Waals surface area contributed by atoms with Crippen LogP contribution in [0.2, 0.25) is 0 Å². The second-order valence-electron chi connectivity index (χ2n) is 3.33. The van der Waals surface area contributed by atoms with Gasteiger partial charge in [-0.05, 0) is 11.8 Å². The fraction of sp³-hybridized carbons (Fsp3) is 0.300. The van der Waals surface area contributed by atoms with Crippen LogP contribution in [0.3, 0.4) is 0 Å². The van der Waals surface area contributed by atoms with Crippen LogP contribution in [-0.2, 0) is 4.79 Å². The number of hydrogen-bond acceptors (Lipinski definition) is 4. The molecule has 0 saturated heterocycles. The van der Waals surface area contributed by atoms with Crippen molar-refractivity contribution in [3.63, 3.8) is 0 Å². The molecule has 0 aromatic carbocycles. The number of thioether (sulfide) groups is 1. The standard InChI is InChI=1S/C10H12N4OS/c1-14(2)8-3-4-13-10(7(8)5-11)16-6-9(12)15/h3-4H,6H2,1-2H3,(H2,12,15)/p+1. The van der Waals surface area contributed by atoms with Crippen molar-refractivity contribution in [3.05, 3.63) is 17.8 Å². The van der Waals surface area contributed by atoms with Crippen LogP contribution in [0.5, 0.6) is 0 Å². The minimum atomic E-state index is -0.405. The third-order valence-electron chi connectivity index (χ3n) is 1.89. The first-order chi connectivity index (χ1) is 7.56. The Bertz CT molecular complexity index is 439. The monoisotopic (exact) mass is 237 g/mol. The lowest BCUT2D eigenvalue weighted by atomic mass is 10.2. The molecule has 0 aliphatic carbocycles. The first-order valence-electron chi connectivity index (χ1n) is 4.59. The highest BCUT2D eigenvalue weighted by Gasteiger charge is 2.17. The number of hydrogen-bond donors (Lipinski definition) is 1. The van der Waals surface area contributed by atoms with Crippen LogP contribution in [0, 0.1) is 11.3 Å². The van der Waals surface area contributed by atoms with Crippen LogP contribution >= 0.6 is 11.8 Å². The van der Waals surface area contributed by atoms with E-state index >= 15 is 0 Å². The molecule has 1 aromatic heterocycles. The molecule has 0 aliphatic rings. The highest BCUT2D eigenvalue weighted by Crippen LogP contribution is 2.24. The molecule has 5 nitrogen and oxygen atoms in total. The molecule has 0 fully saturated rings. The minimum Gasteiger partial charge on any atom is -0.376 e. The maximum Gasteiger partial charge on any atom is 0.259 e. The van der Waals surface area contributed by atoms with Gasteiger partial charge in [-0.1, -0.05) is 0 Å². The number of amides is 1. The van der Waals surface area contributed by atoms with E-state index in [1.54, 1.807) is 6.20 Å². The molecule has 0 bridgehead atoms. The molecular formula is C10H13N4OS+. The molecule has 1 rings (SSSR count). The van der Waals surface area contributed by atoms with E-state index in [0.717, 1.165) is 5.69 Å². The molecule has 0 radical (unpaired) electrons. The molecule has 0 spiro atoms. The molecule has 0 aliphatic heterocycles. The van der Waals surface area contributed by atoms with Crippen molar-refractivity contribution >= 4 is 23.4 Å². The predicted molar refractivity (Wildman–Crippen MR) is 62.0 cm³/mol. The number of anilines is 1. The third kappa shape index (κ3) is 2.87. The first kappa shape index (κ1) is 12.3. The molecule has 16 heavy (non-hydrogen) atoms. The number of rotatable bonds is 4. The average molecular weight is 237 g/mol. The maximum atomic E-state index is 10.7. The van der Waals surface area contributed by atoms with E-state index in [0.29, 0.717) is 10.6 Å². The number of nitrogens with two attached hydrogens (primary N) is 1. The van der Waals surface area contributed by atoms with Gasteiger partial charge in [0.05, 0.1) is 11.4 Å². The number of aromatic amines is 1. The molecule has 0 unspecified atom stereocenters. The summed E-state index contributed by atoms with van der Waals surface area (Å²) in [5, 5.41) is 9.75. The van der Waals surface area contributed by atoms with Crippen molar-refractivity contribution in [2.45, 2.75) is 5.03 Å². The van der Waals surface area contributed by atoms with Gasteiger partial charge in [-0.3, -0.25) is 4.79 Å². The van der Waals surface area contributed by atoms with Gasteiger partial charge in [0.25, 0.3) is 5.03 Å². The molecular weight excluding hydrogens is 224 g/mol. The van der Waals surface area contributed by atoms with Crippen molar-refractivity contribution in [2.75, 3.05) is 24.7 Å². The number of nitriles is 1. The fourth-order valence-corrected chi connectivity index (χ4v) is 1.94. The lowest BCUT2D eigenvalue weighted by Crippen LogP contribution is -2.18. The Morgan fingerprint density at radius 3 is 2.88 bits per heavy atom. The number of primary amides is 1. The van der Waals surface area contributed by atoms with Crippen molar-refractivity contribution in [3.8, 4) is 6.07 Å². The Morgan fingerprint density at radius 2 is 2.38 bits per heavy atom. The molecule has 6 heteroatoms. The summed E-state index contributed by atoms with van der Waals surface area (Å²) in [6.45, 7) is 0. The summed E-state index contributed by atoms with van der Waals surface area (Å²) in [5.41, 5.74) is 6.40. The summed E-state index contributed by atoms with van der Waals surface area (Å²) < 4.78 is 0. The number of carbonyl (C=O) groups is 1. The van der Waals surface area contributed by atoms with Crippen LogP contribution in [-0.4, -0.2) is 25.8 Å². The molecule has 84 valence electrons. The Hall–Kier alpha value is -1.74. The van der Waals surface area contributed by atoms with E-state index < -0.39 is 5.91 Å². The summed E-state index contributed by atoms with van der Waals surface area (Å²) in [6, 6.07) is 3.94. The van der Waals surface area contributed by atoms with Gasteiger partial charge >= 0.3 is 0 Å². The number of H-pyrrole nitrogens is 1. The van der Waals surface area contributed by atoms with Crippen molar-refractivity contribution < 1.29 is 9.78 Å². The molecule has 0 atom stereocenters. The van der Waals surface area contributed by atoms with E-state index in [2.05, 4.69) is 11.1 Å². The molecule has 3 N–H and O–H groups in total. The topological polar surface area (TPSA) is 84.3 Å². The van der Waals surface area contributed by atoms with E-state index in [1.807, 2.05) is 25.1 Å². The van der Waals surface area contributed by atoms with Crippen LogP contribution in [0.25, 0.3) is 0 Å². The zero-order valence-corrected chi connectivity index (χ0v) is 9.97. The number of pyridine rings is 1. The van der Waals surface area contributed by atoms with Gasteiger partial charge in [0.15, 0.2) is 11.8 Å². The number of aromatic nitrogens is 1. The van der Waals surface area contributed by atoms with Crippen molar-refractivity contribution in [1.29, 1.82) is 5.26 Å². The zero-order valence-electron chi connectivity index (χ0n) is 9.15. The van der Waals surface area contributed by atoms with Gasteiger partial charge in [-0.25, -0.2) is 4.98 Å². The second kappa shape index (κ2) is 5.37. The van der Waals surface area contributed by atoms with Gasteiger partial charge in [0, 0.05) is 20.2 Å². The van der Waals surface area contributed by atoms with Gasteiger partial charge in [-0.2, -0.15) is 5.26 Å². The molecule has 1 amide bonds. The predicted octanol–water partition coefficient (Wildman–Crippen LogP) is 0.0158. The number of nitrogens with one attached hydrogen (secondary N) is 1. The molecule has 0 saturated carbocycles. The number of nitrogens with zero attached hydrogens (tertiary/aromatic N) is 2. The number of carbonyl (C=O) groups excluding carboxylic acids is 1. The summed E-state index contributed by atoms with van der Waals surface area (Å²) in [4.78, 5) is 15.5. The smallest absolute Gasteiger partial charge is 0.259 e. The zero-order chi connectivity index (χ0) is 12.1. The Labute approximate surface area is 98.3 Å². The van der Waals surface area contributed by atoms with Crippen LogP contribution in [0.4, 0.5) is 5.69 Å². The van der Waals surface area contributed by atoms with Crippen LogP contribution in [0.1, 0.15) is 5.56 Å². The summed E-state index contributed by atoms with van der Waals surface area (Å²) in [7, 11) is 3.72. The van der Waals surface area contributed by atoms with Crippen molar-refractivity contribution in [2.24, 2.45) is 5.73 Å². The second-order valence-corrected chi connectivity index (χ2v) is 4.31. The molecule has 1 aromatic rings. The maximum absolute atomic E-state index is 10.7. The van der Waals surface area contributed by atoms with Gasteiger partial charge < -0.3 is 10.6 Å². The quantitative estimate of drug-likeness (QED) is 0.748. The summed E-state index contributed by atoms with van der Waals surface area (Å²) >= 11 is 1.23. The molecule has 1 heterocycles. The highest BCUT2D eigenvalue weighted by molar-refractivity contribution is 7.99. The lowest BCUT2D eigenvalue weighted by molar-refractivity contribution is -0.426. The normalized spacial score (nSPS) is 9.56. The fourth-order valence-electron chi connectivity index (χ4n) is 1.21. The van der Waals surface area contributed by atoms with Crippen LogP contribution < -0.4 is 15.6 Å². The lowest BCUT2D eigenvalue weighted by Gasteiger charge is -2.12. The van der Waals surface area contributed by atoms with Crippen molar-refractivity contribution in [1.82, 2.24) is 0 Å². The van der Waals surface area contributed by atoms with E-state index in [4.69, 9.17) is 11.0 Å². The summed E-state index contributed by atoms with van der Waals surface area (Å²) in [5.74, 6) is -0.250. The van der Waals surface area contributed by atoms with E-state index in [9.17, 15) is 4.79 Å².